The van der Waals surface area contributed by atoms with Crippen molar-refractivity contribution in [2.24, 2.45) is 10.2 Å². The van der Waals surface area contributed by atoms with E-state index >= 15 is 0 Å². The third kappa shape index (κ3) is 5.78. The monoisotopic (exact) mass is 426 g/mol. The zero-order chi connectivity index (χ0) is 21.3. The highest BCUT2D eigenvalue weighted by Crippen LogP contribution is 2.28. The number of carbonyl (C=O) groups excluding carboxylic acids is 1. The molecule has 1 aliphatic rings. The van der Waals surface area contributed by atoms with E-state index in [1.54, 1.807) is 24.3 Å². The van der Waals surface area contributed by atoms with Gasteiger partial charge in [-0.05, 0) is 17.7 Å². The fourth-order valence-corrected chi connectivity index (χ4v) is 2.82. The summed E-state index contributed by atoms with van der Waals surface area (Å²) in [4.78, 5) is 30.4. The average Bonchev–Trinajstić information content (AvgIpc) is 2.77. The summed E-state index contributed by atoms with van der Waals surface area (Å²) in [7, 11) is -2.49. The molecule has 0 unspecified atom stereocenters. The Kier molecular flexibility index (Phi) is 7.35. The number of nitrogens with one attached hydrogen (secondary N) is 1. The van der Waals surface area contributed by atoms with Crippen molar-refractivity contribution in [3.05, 3.63) is 65.7 Å². The summed E-state index contributed by atoms with van der Waals surface area (Å²) in [5, 5.41) is 9.46. The molecular weight excluding hydrogens is 407 g/mol. The fourth-order valence-electron chi connectivity index (χ4n) is 2.51. The molecule has 0 bridgehead atoms. The summed E-state index contributed by atoms with van der Waals surface area (Å²) in [5.74, 6) is 3.56. The minimum absolute atomic E-state index is 0.00939. The van der Waals surface area contributed by atoms with Crippen LogP contribution in [0.2, 0.25) is 0 Å². The highest BCUT2D eigenvalue weighted by molar-refractivity contribution is 7.39. The van der Waals surface area contributed by atoms with Crippen molar-refractivity contribution >= 4 is 26.4 Å². The van der Waals surface area contributed by atoms with Gasteiger partial charge in [-0.25, -0.2) is 4.79 Å². The Balaban J connectivity index is 1.67. The Morgan fingerprint density at radius 1 is 1.13 bits per heavy atom. The van der Waals surface area contributed by atoms with Crippen molar-refractivity contribution in [3.8, 4) is 18.1 Å². The predicted molar refractivity (Wildman–Crippen MR) is 112 cm³/mol. The van der Waals surface area contributed by atoms with Gasteiger partial charge in [-0.3, -0.25) is 5.43 Å². The Labute approximate surface area is 174 Å². The lowest BCUT2D eigenvalue weighted by Gasteiger charge is -2.27. The Morgan fingerprint density at radius 2 is 1.87 bits per heavy atom. The third-order valence-electron chi connectivity index (χ3n) is 3.94. The topological polar surface area (TPSA) is 116 Å². The van der Waals surface area contributed by atoms with Crippen molar-refractivity contribution in [3.63, 3.8) is 0 Å². The first-order chi connectivity index (χ1) is 14.6. The number of benzene rings is 2. The molecule has 0 radical (unpaired) electrons. The molecule has 0 atom stereocenters. The van der Waals surface area contributed by atoms with E-state index in [4.69, 9.17) is 25.5 Å². The second-order valence-electron chi connectivity index (χ2n) is 6.02. The summed E-state index contributed by atoms with van der Waals surface area (Å²) in [6, 6.07) is 15.6. The fraction of sp³-hybridized carbons (Fsp3) is 0.150. The highest BCUT2D eigenvalue weighted by Gasteiger charge is 2.26. The number of hydrogen-bond acceptors (Lipinski definition) is 8. The van der Waals surface area contributed by atoms with Crippen LogP contribution >= 0.6 is 8.60 Å². The molecule has 0 fully saturated rings. The number of hydrazine groups is 1. The Bertz CT molecular complexity index is 971. The van der Waals surface area contributed by atoms with E-state index in [2.05, 4.69) is 21.5 Å². The largest absolute Gasteiger partial charge is 0.443 e. The maximum absolute atomic E-state index is 12.7. The van der Waals surface area contributed by atoms with Crippen LogP contribution < -0.4 is 9.95 Å². The van der Waals surface area contributed by atoms with E-state index in [0.29, 0.717) is 35.8 Å². The molecule has 2 aromatic rings. The van der Waals surface area contributed by atoms with Gasteiger partial charge in [0.2, 0.25) is 0 Å². The molecule has 9 nitrogen and oxygen atoms in total. The smallest absolute Gasteiger partial charge is 0.435 e. The quantitative estimate of drug-likeness (QED) is 0.463. The number of ether oxygens (including phenoxy) is 1. The number of carbonyl (C=O) groups is 1. The molecule has 1 amide bonds. The predicted octanol–water partition coefficient (Wildman–Crippen LogP) is 2.91. The Hall–Kier alpha value is -3.44. The van der Waals surface area contributed by atoms with Gasteiger partial charge in [-0.15, -0.1) is 22.5 Å². The molecule has 3 rings (SSSR count). The van der Waals surface area contributed by atoms with Gasteiger partial charge in [-0.2, -0.15) is 5.01 Å². The van der Waals surface area contributed by atoms with Crippen LogP contribution in [-0.2, 0) is 11.3 Å². The normalized spacial score (nSPS) is 13.1. The average molecular weight is 426 g/mol. The molecule has 154 valence electrons. The van der Waals surface area contributed by atoms with Gasteiger partial charge in [-0.1, -0.05) is 42.5 Å². The van der Waals surface area contributed by atoms with E-state index in [1.807, 2.05) is 30.3 Å². The second kappa shape index (κ2) is 10.4. The van der Waals surface area contributed by atoms with Gasteiger partial charge in [0.05, 0.1) is 0 Å². The van der Waals surface area contributed by atoms with Crippen molar-refractivity contribution in [1.82, 2.24) is 10.4 Å². The van der Waals surface area contributed by atoms with E-state index in [0.717, 1.165) is 5.56 Å². The van der Waals surface area contributed by atoms with E-state index < -0.39 is 14.7 Å². The summed E-state index contributed by atoms with van der Waals surface area (Å²) in [5.41, 5.74) is 4.38. The minimum Gasteiger partial charge on any atom is -0.443 e. The lowest BCUT2D eigenvalue weighted by Crippen LogP contribution is -2.52. The van der Waals surface area contributed by atoms with E-state index in [1.165, 1.54) is 5.01 Å². The minimum atomic E-state index is -2.49. The van der Waals surface area contributed by atoms with Crippen LogP contribution in [0.4, 0.5) is 4.79 Å². The number of amidine groups is 2. The molecule has 0 saturated heterocycles. The first-order valence-corrected chi connectivity index (χ1v) is 10.0. The molecule has 0 spiro atoms. The van der Waals surface area contributed by atoms with Crippen LogP contribution in [0.1, 0.15) is 24.0 Å². The first-order valence-electron chi connectivity index (χ1n) is 8.88. The molecule has 1 aliphatic heterocycles. The van der Waals surface area contributed by atoms with Crippen LogP contribution in [-0.4, -0.2) is 32.6 Å². The number of nitrogens with zero attached hydrogens (tertiary/aromatic N) is 3. The highest BCUT2D eigenvalue weighted by atomic mass is 31.2. The number of hydrogen-bond donors (Lipinski definition) is 3. The molecule has 30 heavy (non-hydrogen) atoms. The third-order valence-corrected chi connectivity index (χ3v) is 4.31. The van der Waals surface area contributed by atoms with Crippen molar-refractivity contribution in [2.75, 3.05) is 0 Å². The van der Waals surface area contributed by atoms with Gasteiger partial charge >= 0.3 is 14.7 Å². The zero-order valence-electron chi connectivity index (χ0n) is 15.8. The summed E-state index contributed by atoms with van der Waals surface area (Å²) in [6.45, 7) is -0.00939. The number of rotatable bonds is 7. The van der Waals surface area contributed by atoms with Crippen molar-refractivity contribution in [2.45, 2.75) is 19.4 Å². The lowest BCUT2D eigenvalue weighted by molar-refractivity contribution is 0.109. The van der Waals surface area contributed by atoms with E-state index in [-0.39, 0.29) is 6.61 Å². The standard InChI is InChI=1S/C20H19N4O5P/c1-2-3-9-18-21-22-19(16-7-5-4-6-8-16)23-24(18)20(25)28-14-15-10-12-17(13-11-15)29-30(26)27/h1,4-8,10-13,26-27H,3,9,14H2,(H,22,23). The SMILES string of the molecule is C#CCCC1=NN=C(c2ccccc2)NN1C(=O)OCc1ccc(OP(O)O)cc1. The molecule has 0 aliphatic carbocycles. The zero-order valence-corrected chi connectivity index (χ0v) is 16.7. The Morgan fingerprint density at radius 3 is 2.53 bits per heavy atom. The summed E-state index contributed by atoms with van der Waals surface area (Å²) < 4.78 is 10.2. The van der Waals surface area contributed by atoms with Gasteiger partial charge in [0.1, 0.15) is 12.4 Å². The molecule has 2 aromatic carbocycles. The van der Waals surface area contributed by atoms with Gasteiger partial charge in [0, 0.05) is 18.4 Å². The van der Waals surface area contributed by atoms with Crippen LogP contribution in [0.5, 0.6) is 5.75 Å². The van der Waals surface area contributed by atoms with Gasteiger partial charge < -0.3 is 19.0 Å². The van der Waals surface area contributed by atoms with Crippen LogP contribution in [0.15, 0.2) is 64.8 Å². The molecule has 10 heteroatoms. The maximum atomic E-state index is 12.7. The van der Waals surface area contributed by atoms with Gasteiger partial charge in [0.25, 0.3) is 0 Å². The molecule has 1 heterocycles. The van der Waals surface area contributed by atoms with Crippen molar-refractivity contribution < 1.29 is 23.8 Å². The van der Waals surface area contributed by atoms with Crippen LogP contribution in [0, 0.1) is 12.3 Å². The first kappa shape index (κ1) is 21.3. The molecular formula is C20H19N4O5P. The molecule has 0 saturated carbocycles. The number of terminal acetylenes is 1. The van der Waals surface area contributed by atoms with Crippen LogP contribution in [0.3, 0.4) is 0 Å². The lowest BCUT2D eigenvalue weighted by atomic mass is 10.2. The second-order valence-corrected chi connectivity index (χ2v) is 6.71. The summed E-state index contributed by atoms with van der Waals surface area (Å²) >= 11 is 0. The maximum Gasteiger partial charge on any atom is 0.435 e. The molecule has 3 N–H and O–H groups in total. The molecule has 0 aromatic heterocycles. The summed E-state index contributed by atoms with van der Waals surface area (Å²) in [6.07, 6.45) is 5.40. The van der Waals surface area contributed by atoms with Crippen LogP contribution in [0.25, 0.3) is 0 Å². The van der Waals surface area contributed by atoms with E-state index in [9.17, 15) is 4.79 Å². The van der Waals surface area contributed by atoms with Crippen molar-refractivity contribution in [1.29, 1.82) is 0 Å². The number of amides is 1. The van der Waals surface area contributed by atoms with Gasteiger partial charge in [0.15, 0.2) is 11.7 Å².